The van der Waals surface area contributed by atoms with Gasteiger partial charge in [0.05, 0.1) is 0 Å². The number of pyridine rings is 3. The highest BCUT2D eigenvalue weighted by Crippen LogP contribution is 2.37. The molecule has 172 valence electrons. The molecular formula is C27H29N7. The van der Waals surface area contributed by atoms with Crippen molar-refractivity contribution in [1.29, 1.82) is 0 Å². The van der Waals surface area contributed by atoms with Crippen molar-refractivity contribution in [2.45, 2.75) is 13.8 Å². The molecule has 0 saturated heterocycles. The molecule has 0 saturated carbocycles. The van der Waals surface area contributed by atoms with Gasteiger partial charge in [0, 0.05) is 39.6 Å². The molecule has 1 aliphatic rings. The molecule has 0 atom stereocenters. The van der Waals surface area contributed by atoms with Crippen LogP contribution in [0.25, 0.3) is 0 Å². The normalized spacial score (nSPS) is 13.4. The number of anilines is 8. The second kappa shape index (κ2) is 8.33. The number of rotatable bonds is 0. The van der Waals surface area contributed by atoms with Crippen molar-refractivity contribution in [3.63, 3.8) is 0 Å². The first-order valence-corrected chi connectivity index (χ1v) is 11.3. The maximum Gasteiger partial charge on any atom is 0.136 e. The van der Waals surface area contributed by atoms with E-state index < -0.39 is 0 Å². The van der Waals surface area contributed by atoms with Gasteiger partial charge < -0.3 is 19.6 Å². The Morgan fingerprint density at radius 3 is 1.09 bits per heavy atom. The van der Waals surface area contributed by atoms with E-state index in [9.17, 15) is 0 Å². The Balaban J connectivity index is 1.77. The van der Waals surface area contributed by atoms with Crippen LogP contribution in [0.2, 0.25) is 0 Å². The first-order valence-electron chi connectivity index (χ1n) is 11.3. The van der Waals surface area contributed by atoms with Crippen molar-refractivity contribution in [3.8, 4) is 0 Å². The number of aromatic nitrogens is 3. The van der Waals surface area contributed by atoms with Crippen LogP contribution in [-0.4, -0.2) is 43.1 Å². The molecule has 0 fully saturated rings. The Kier molecular flexibility index (Phi) is 5.32. The van der Waals surface area contributed by atoms with Crippen molar-refractivity contribution >= 4 is 46.3 Å². The second-order valence-electron chi connectivity index (χ2n) is 8.73. The summed E-state index contributed by atoms with van der Waals surface area (Å²) >= 11 is 0. The maximum absolute atomic E-state index is 4.97. The minimum atomic E-state index is 0.811. The molecule has 34 heavy (non-hydrogen) atoms. The van der Waals surface area contributed by atoms with Gasteiger partial charge in [0.2, 0.25) is 0 Å². The zero-order valence-electron chi connectivity index (χ0n) is 20.5. The first-order chi connectivity index (χ1) is 16.3. The highest BCUT2D eigenvalue weighted by Gasteiger charge is 2.19. The minimum Gasteiger partial charge on any atom is -0.329 e. The highest BCUT2D eigenvalue weighted by atomic mass is 15.3. The number of hydrogen-bond acceptors (Lipinski definition) is 7. The van der Waals surface area contributed by atoms with Crippen LogP contribution in [0.3, 0.4) is 0 Å². The lowest BCUT2D eigenvalue weighted by molar-refractivity contribution is 1.01. The van der Waals surface area contributed by atoms with E-state index in [1.807, 2.05) is 78.5 Å². The largest absolute Gasteiger partial charge is 0.329 e. The molecule has 5 rings (SSSR count). The molecule has 8 bridgehead atoms. The van der Waals surface area contributed by atoms with Gasteiger partial charge in [0.1, 0.15) is 34.9 Å². The fraction of sp³-hybridized carbons (Fsp3) is 0.222. The molecule has 1 aromatic carbocycles. The van der Waals surface area contributed by atoms with E-state index in [0.29, 0.717) is 0 Å². The Bertz CT molecular complexity index is 1270. The first kappa shape index (κ1) is 21.7. The van der Waals surface area contributed by atoms with Crippen LogP contribution in [0, 0.1) is 13.8 Å². The van der Waals surface area contributed by atoms with E-state index in [2.05, 4.69) is 49.9 Å². The molecule has 4 aromatic rings. The van der Waals surface area contributed by atoms with Crippen molar-refractivity contribution < 1.29 is 0 Å². The lowest BCUT2D eigenvalue weighted by Gasteiger charge is -2.29. The lowest BCUT2D eigenvalue weighted by atomic mass is 10.1. The Morgan fingerprint density at radius 2 is 0.765 bits per heavy atom. The van der Waals surface area contributed by atoms with Gasteiger partial charge in [0.15, 0.2) is 0 Å². The van der Waals surface area contributed by atoms with Gasteiger partial charge >= 0.3 is 0 Å². The maximum atomic E-state index is 4.97. The molecule has 0 aliphatic carbocycles. The number of aryl methyl sites for hydroxylation is 1. The summed E-state index contributed by atoms with van der Waals surface area (Å²) in [5.41, 5.74) is 4.55. The zero-order chi connectivity index (χ0) is 24.0. The van der Waals surface area contributed by atoms with Gasteiger partial charge in [-0.2, -0.15) is 0 Å². The molecule has 0 N–H and O–H groups in total. The van der Waals surface area contributed by atoms with E-state index in [1.54, 1.807) is 0 Å². The predicted octanol–water partition coefficient (Wildman–Crippen LogP) is 5.87. The molecule has 7 heteroatoms. The second-order valence-corrected chi connectivity index (χ2v) is 8.73. The summed E-state index contributed by atoms with van der Waals surface area (Å²) in [7, 11) is 8.11. The molecule has 0 amide bonds. The van der Waals surface area contributed by atoms with E-state index in [0.717, 1.165) is 51.8 Å². The van der Waals surface area contributed by atoms with E-state index in [4.69, 9.17) is 15.0 Å². The highest BCUT2D eigenvalue weighted by molar-refractivity contribution is 5.77. The van der Waals surface area contributed by atoms with Crippen LogP contribution in [0.1, 0.15) is 11.1 Å². The minimum absolute atomic E-state index is 0.811. The monoisotopic (exact) mass is 451 g/mol. The Morgan fingerprint density at radius 1 is 0.471 bits per heavy atom. The van der Waals surface area contributed by atoms with Crippen molar-refractivity contribution in [1.82, 2.24) is 15.0 Å². The van der Waals surface area contributed by atoms with Crippen molar-refractivity contribution in [2.75, 3.05) is 47.8 Å². The Labute approximate surface area is 200 Å². The van der Waals surface area contributed by atoms with Gasteiger partial charge in [-0.15, -0.1) is 0 Å². The fourth-order valence-electron chi connectivity index (χ4n) is 4.36. The molecule has 3 aromatic heterocycles. The third-order valence-corrected chi connectivity index (χ3v) is 6.44. The molecule has 7 nitrogen and oxygen atoms in total. The SMILES string of the molecule is Cc1cc2c(C)c(c1)N(C)c1cccc(n1)N(C)c1cccc(n1)N(C)c1cccc(n1)N2C. The topological polar surface area (TPSA) is 51.6 Å². The summed E-state index contributed by atoms with van der Waals surface area (Å²) in [6.07, 6.45) is 0. The van der Waals surface area contributed by atoms with Crippen LogP contribution in [-0.2, 0) is 0 Å². The van der Waals surface area contributed by atoms with Crippen molar-refractivity contribution in [2.24, 2.45) is 0 Å². The summed E-state index contributed by atoms with van der Waals surface area (Å²) in [6.45, 7) is 4.28. The van der Waals surface area contributed by atoms with Crippen LogP contribution in [0.5, 0.6) is 0 Å². The van der Waals surface area contributed by atoms with Crippen LogP contribution in [0.4, 0.5) is 46.3 Å². The van der Waals surface area contributed by atoms with Gasteiger partial charge in [-0.25, -0.2) is 15.0 Å². The summed E-state index contributed by atoms with van der Waals surface area (Å²) in [5.74, 6) is 5.01. The quantitative estimate of drug-likeness (QED) is 0.331. The third kappa shape index (κ3) is 3.69. The van der Waals surface area contributed by atoms with Gasteiger partial charge in [0.25, 0.3) is 0 Å². The van der Waals surface area contributed by atoms with Crippen LogP contribution in [0.15, 0.2) is 66.7 Å². The molecule has 0 spiro atoms. The summed E-state index contributed by atoms with van der Waals surface area (Å²) < 4.78 is 0. The van der Waals surface area contributed by atoms with E-state index in [-0.39, 0.29) is 0 Å². The average Bonchev–Trinajstić information content (AvgIpc) is 2.87. The standard InChI is InChI=1S/C27H29N7/c1-18-16-20-19(2)21(17-18)32(4)23-11-8-13-25(29-23)34(6)27-15-9-14-26(30-27)33(5)24-12-7-10-22(28-24)31(20)3/h7-17H,1-6H3. The summed E-state index contributed by atoms with van der Waals surface area (Å²) in [6, 6.07) is 22.6. The molecular weight excluding hydrogens is 422 g/mol. The molecule has 0 unspecified atom stereocenters. The van der Waals surface area contributed by atoms with Crippen LogP contribution >= 0.6 is 0 Å². The van der Waals surface area contributed by atoms with Gasteiger partial charge in [-0.1, -0.05) is 18.2 Å². The molecule has 4 heterocycles. The molecule has 1 aliphatic heterocycles. The molecule has 0 radical (unpaired) electrons. The third-order valence-electron chi connectivity index (χ3n) is 6.44. The number of fused-ring (bicyclic) bond motifs is 8. The fourth-order valence-corrected chi connectivity index (χ4v) is 4.36. The summed E-state index contributed by atoms with van der Waals surface area (Å²) in [5, 5.41) is 0. The smallest absolute Gasteiger partial charge is 0.136 e. The van der Waals surface area contributed by atoms with Crippen molar-refractivity contribution in [3.05, 3.63) is 77.9 Å². The van der Waals surface area contributed by atoms with Gasteiger partial charge in [-0.3, -0.25) is 0 Å². The summed E-state index contributed by atoms with van der Waals surface area (Å²) in [4.78, 5) is 23.2. The number of benzene rings is 1. The number of hydrogen-bond donors (Lipinski definition) is 0. The van der Waals surface area contributed by atoms with Gasteiger partial charge in [-0.05, 0) is 73.5 Å². The number of nitrogens with zero attached hydrogens (tertiary/aromatic N) is 7. The van der Waals surface area contributed by atoms with E-state index in [1.165, 1.54) is 5.56 Å². The van der Waals surface area contributed by atoms with E-state index >= 15 is 0 Å². The Hall–Kier alpha value is -4.13. The zero-order valence-corrected chi connectivity index (χ0v) is 20.5. The average molecular weight is 452 g/mol. The van der Waals surface area contributed by atoms with Crippen LogP contribution < -0.4 is 19.6 Å². The predicted molar refractivity (Wildman–Crippen MR) is 141 cm³/mol. The lowest BCUT2D eigenvalue weighted by Crippen LogP contribution is -2.21.